The number of fused-ring (bicyclic) bond motifs is 2. The monoisotopic (exact) mass is 325 g/mol. The van der Waals surface area contributed by atoms with E-state index in [9.17, 15) is 13.2 Å². The molecule has 0 spiro atoms. The molecule has 0 unspecified atom stereocenters. The van der Waals surface area contributed by atoms with Gasteiger partial charge in [-0.25, -0.2) is 8.42 Å². The highest BCUT2D eigenvalue weighted by Crippen LogP contribution is 2.36. The first-order chi connectivity index (χ1) is 10.1. The van der Waals surface area contributed by atoms with Crippen LogP contribution in [0.5, 0.6) is 0 Å². The van der Waals surface area contributed by atoms with Crippen molar-refractivity contribution in [1.29, 1.82) is 0 Å². The maximum Gasteiger partial charge on any atom is 0.255 e. The summed E-state index contributed by atoms with van der Waals surface area (Å²) in [6, 6.07) is 0. The van der Waals surface area contributed by atoms with Crippen LogP contribution in [0, 0.1) is 5.92 Å². The molecule has 1 aromatic heterocycles. The van der Waals surface area contributed by atoms with Crippen LogP contribution in [-0.2, 0) is 22.7 Å². The summed E-state index contributed by atoms with van der Waals surface area (Å²) in [5.41, 5.74) is 2.07. The highest BCUT2D eigenvalue weighted by Gasteiger charge is 2.47. The summed E-state index contributed by atoms with van der Waals surface area (Å²) in [6.07, 6.45) is 5.18. The Labute approximate surface area is 129 Å². The van der Waals surface area contributed by atoms with Gasteiger partial charge in [-0.2, -0.15) is 0 Å². The molecular weight excluding hydrogens is 306 g/mol. The van der Waals surface area contributed by atoms with Crippen LogP contribution >= 0.6 is 11.3 Å². The summed E-state index contributed by atoms with van der Waals surface area (Å²) in [4.78, 5) is 15.9. The largest absolute Gasteiger partial charge is 0.337 e. The van der Waals surface area contributed by atoms with E-state index >= 15 is 0 Å². The van der Waals surface area contributed by atoms with E-state index in [0.717, 1.165) is 31.2 Å². The fourth-order valence-corrected chi connectivity index (χ4v) is 7.27. The van der Waals surface area contributed by atoms with Gasteiger partial charge in [-0.05, 0) is 43.6 Å². The van der Waals surface area contributed by atoms with E-state index in [2.05, 4.69) is 0 Å². The van der Waals surface area contributed by atoms with Crippen LogP contribution in [0.1, 0.15) is 40.1 Å². The number of sulfone groups is 1. The van der Waals surface area contributed by atoms with E-state index in [1.807, 2.05) is 5.38 Å². The van der Waals surface area contributed by atoms with Crippen molar-refractivity contribution in [2.45, 2.75) is 37.4 Å². The molecule has 0 bridgehead atoms. The smallest absolute Gasteiger partial charge is 0.255 e. The maximum atomic E-state index is 12.8. The third-order valence-corrected chi connectivity index (χ3v) is 8.54. The van der Waals surface area contributed by atoms with E-state index in [-0.39, 0.29) is 17.1 Å². The topological polar surface area (TPSA) is 54.5 Å². The van der Waals surface area contributed by atoms with Crippen LogP contribution in [0.2, 0.25) is 0 Å². The van der Waals surface area contributed by atoms with Crippen LogP contribution in [0.15, 0.2) is 5.38 Å². The van der Waals surface area contributed by atoms with Crippen LogP contribution < -0.4 is 0 Å². The lowest BCUT2D eigenvalue weighted by molar-refractivity contribution is 0.0786. The SMILES string of the molecule is O=C(c1csc2c1CCCC2)N1C[C@@H]2CCS(=O)(=O)[C@@H]2C1. The Morgan fingerprint density at radius 2 is 2.05 bits per heavy atom. The molecule has 0 saturated carbocycles. The summed E-state index contributed by atoms with van der Waals surface area (Å²) in [5, 5.41) is 1.68. The van der Waals surface area contributed by atoms with Crippen molar-refractivity contribution in [1.82, 2.24) is 4.90 Å². The average Bonchev–Trinajstić information content (AvgIpc) is 3.14. The zero-order valence-corrected chi connectivity index (χ0v) is 13.5. The number of hydrogen-bond donors (Lipinski definition) is 0. The van der Waals surface area contributed by atoms with E-state index < -0.39 is 9.84 Å². The molecule has 0 radical (unpaired) electrons. The molecule has 4 nitrogen and oxygen atoms in total. The van der Waals surface area contributed by atoms with E-state index in [1.54, 1.807) is 16.2 Å². The van der Waals surface area contributed by atoms with Crippen molar-refractivity contribution in [3.05, 3.63) is 21.4 Å². The Morgan fingerprint density at radius 1 is 1.24 bits per heavy atom. The fraction of sp³-hybridized carbons (Fsp3) is 0.667. The molecule has 2 saturated heterocycles. The number of nitrogens with zero attached hydrogens (tertiary/aromatic N) is 1. The molecule has 0 aromatic carbocycles. The standard InChI is InChI=1S/C15H19NO3S2/c17-15(12-9-20-13-4-2-1-3-11(12)13)16-7-10-5-6-21(18,19)14(10)8-16/h9-10,14H,1-8H2/t10-,14+/m0/s1. The Balaban J connectivity index is 1.58. The minimum atomic E-state index is -2.97. The van der Waals surface area contributed by atoms with Gasteiger partial charge in [-0.15, -0.1) is 11.3 Å². The molecule has 1 amide bonds. The van der Waals surface area contributed by atoms with Gasteiger partial charge in [0.2, 0.25) is 0 Å². The highest BCUT2D eigenvalue weighted by atomic mass is 32.2. The van der Waals surface area contributed by atoms with Crippen LogP contribution in [-0.4, -0.2) is 43.3 Å². The molecule has 6 heteroatoms. The third kappa shape index (κ3) is 2.14. The van der Waals surface area contributed by atoms with Crippen LogP contribution in [0.3, 0.4) is 0 Å². The van der Waals surface area contributed by atoms with Gasteiger partial charge in [0.15, 0.2) is 9.84 Å². The highest BCUT2D eigenvalue weighted by molar-refractivity contribution is 7.92. The average molecular weight is 325 g/mol. The number of thiophene rings is 1. The molecule has 114 valence electrons. The number of amides is 1. The quantitative estimate of drug-likeness (QED) is 0.792. The van der Waals surface area contributed by atoms with Gasteiger partial charge in [-0.3, -0.25) is 4.79 Å². The first kappa shape index (κ1) is 13.8. The van der Waals surface area contributed by atoms with Gasteiger partial charge in [0, 0.05) is 23.3 Å². The summed E-state index contributed by atoms with van der Waals surface area (Å²) in [7, 11) is -2.97. The molecule has 2 fully saturated rings. The second-order valence-electron chi connectivity index (χ2n) is 6.42. The predicted molar refractivity (Wildman–Crippen MR) is 82.5 cm³/mol. The number of hydrogen-bond acceptors (Lipinski definition) is 4. The zero-order valence-electron chi connectivity index (χ0n) is 11.9. The summed E-state index contributed by atoms with van der Waals surface area (Å²) in [6.45, 7) is 1.02. The first-order valence-corrected chi connectivity index (χ1v) is 10.3. The second kappa shape index (κ2) is 4.81. The lowest BCUT2D eigenvalue weighted by Crippen LogP contribution is -2.32. The van der Waals surface area contributed by atoms with E-state index in [0.29, 0.717) is 18.8 Å². The Bertz CT molecular complexity index is 692. The number of carbonyl (C=O) groups is 1. The number of aryl methyl sites for hydroxylation is 1. The molecule has 2 aliphatic heterocycles. The third-order valence-electron chi connectivity index (χ3n) is 5.19. The molecule has 1 aromatic rings. The maximum absolute atomic E-state index is 12.8. The summed E-state index contributed by atoms with van der Waals surface area (Å²) < 4.78 is 24.0. The number of likely N-dealkylation sites (tertiary alicyclic amines) is 1. The minimum Gasteiger partial charge on any atom is -0.337 e. The minimum absolute atomic E-state index is 0.0546. The Morgan fingerprint density at radius 3 is 2.86 bits per heavy atom. The second-order valence-corrected chi connectivity index (χ2v) is 9.73. The van der Waals surface area contributed by atoms with Gasteiger partial charge in [0.1, 0.15) is 0 Å². The number of rotatable bonds is 1. The van der Waals surface area contributed by atoms with Crippen molar-refractivity contribution in [2.75, 3.05) is 18.8 Å². The zero-order chi connectivity index (χ0) is 14.6. The fourth-order valence-electron chi connectivity index (χ4n) is 4.00. The van der Waals surface area contributed by atoms with E-state index in [1.165, 1.54) is 16.9 Å². The molecule has 2 atom stereocenters. The van der Waals surface area contributed by atoms with Gasteiger partial charge in [-0.1, -0.05) is 0 Å². The Kier molecular flexibility index (Phi) is 3.15. The molecule has 3 heterocycles. The normalized spacial score (nSPS) is 30.2. The lowest BCUT2D eigenvalue weighted by Gasteiger charge is -2.19. The summed E-state index contributed by atoms with van der Waals surface area (Å²) >= 11 is 1.69. The van der Waals surface area contributed by atoms with Crippen molar-refractivity contribution in [3.63, 3.8) is 0 Å². The van der Waals surface area contributed by atoms with Gasteiger partial charge < -0.3 is 4.90 Å². The Hall–Kier alpha value is -0.880. The van der Waals surface area contributed by atoms with Gasteiger partial charge >= 0.3 is 0 Å². The molecule has 1 aliphatic carbocycles. The first-order valence-electron chi connectivity index (χ1n) is 7.66. The lowest BCUT2D eigenvalue weighted by atomic mass is 9.95. The van der Waals surface area contributed by atoms with Crippen LogP contribution in [0.25, 0.3) is 0 Å². The van der Waals surface area contributed by atoms with E-state index in [4.69, 9.17) is 0 Å². The molecule has 21 heavy (non-hydrogen) atoms. The van der Waals surface area contributed by atoms with Crippen molar-refractivity contribution >= 4 is 27.1 Å². The van der Waals surface area contributed by atoms with Crippen molar-refractivity contribution < 1.29 is 13.2 Å². The molecule has 4 rings (SSSR count). The van der Waals surface area contributed by atoms with Gasteiger partial charge in [0.05, 0.1) is 16.6 Å². The van der Waals surface area contributed by atoms with Crippen molar-refractivity contribution in [3.8, 4) is 0 Å². The molecule has 0 N–H and O–H groups in total. The number of carbonyl (C=O) groups excluding carboxylic acids is 1. The summed E-state index contributed by atoms with van der Waals surface area (Å²) in [5.74, 6) is 0.519. The predicted octanol–water partition coefficient (Wildman–Crippen LogP) is 1.89. The molecule has 3 aliphatic rings. The van der Waals surface area contributed by atoms with Crippen LogP contribution in [0.4, 0.5) is 0 Å². The van der Waals surface area contributed by atoms with Gasteiger partial charge in [0.25, 0.3) is 5.91 Å². The molecular formula is C15H19NO3S2. The van der Waals surface area contributed by atoms with Crippen molar-refractivity contribution in [2.24, 2.45) is 5.92 Å².